The minimum Gasteiger partial charge on any atom is -0.507 e. The van der Waals surface area contributed by atoms with Crippen molar-refractivity contribution in [1.82, 2.24) is 0 Å². The van der Waals surface area contributed by atoms with Crippen LogP contribution in [0, 0.1) is 0 Å². The Morgan fingerprint density at radius 3 is 2.13 bits per heavy atom. The van der Waals surface area contributed by atoms with Gasteiger partial charge in [-0.3, -0.25) is 14.5 Å². The first-order valence-corrected chi connectivity index (χ1v) is 9.70. The average molecular weight is 415 g/mol. The monoisotopic (exact) mass is 415 g/mol. The molecule has 6 heteroatoms. The van der Waals surface area contributed by atoms with Crippen LogP contribution < -0.4 is 14.4 Å². The number of rotatable bonds is 5. The molecule has 1 amide bonds. The third-order valence-electron chi connectivity index (χ3n) is 5.27. The van der Waals surface area contributed by atoms with Crippen LogP contribution in [0.4, 0.5) is 5.69 Å². The number of benzene rings is 3. The molecule has 1 aliphatic rings. The highest BCUT2D eigenvalue weighted by atomic mass is 16.5. The van der Waals surface area contributed by atoms with Crippen molar-refractivity contribution in [3.8, 4) is 11.5 Å². The van der Waals surface area contributed by atoms with Gasteiger partial charge in [-0.2, -0.15) is 0 Å². The number of Topliss-reactive ketones (excluding diaryl/α,β-unsaturated/α-hetero) is 1. The van der Waals surface area contributed by atoms with E-state index in [9.17, 15) is 14.7 Å². The van der Waals surface area contributed by atoms with E-state index in [0.29, 0.717) is 28.3 Å². The lowest BCUT2D eigenvalue weighted by molar-refractivity contribution is -0.132. The van der Waals surface area contributed by atoms with Crippen LogP contribution in [-0.2, 0) is 9.59 Å². The number of ether oxygens (including phenoxy) is 2. The Bertz CT molecular complexity index is 1150. The van der Waals surface area contributed by atoms with Gasteiger partial charge in [0.15, 0.2) is 0 Å². The van der Waals surface area contributed by atoms with Gasteiger partial charge in [0.2, 0.25) is 0 Å². The molecule has 1 unspecified atom stereocenters. The third-order valence-corrected chi connectivity index (χ3v) is 5.27. The lowest BCUT2D eigenvalue weighted by atomic mass is 9.95. The standard InChI is InChI=1S/C25H21NO5/c1-30-18-14-12-16(13-15-18)22-21(23(27)17-8-4-3-5-9-17)24(28)25(29)26(22)19-10-6-7-11-20(19)31-2/h3-15,22,27H,1-2H3. The SMILES string of the molecule is COc1ccc(C2C(=C(O)c3ccccc3)C(=O)C(=O)N2c2ccccc2OC)cc1. The number of carbonyl (C=O) groups is 2. The van der Waals surface area contributed by atoms with Crippen LogP contribution in [0.1, 0.15) is 17.2 Å². The molecule has 1 N–H and O–H groups in total. The molecule has 1 aliphatic heterocycles. The zero-order chi connectivity index (χ0) is 22.0. The highest BCUT2D eigenvalue weighted by Gasteiger charge is 2.47. The molecule has 4 rings (SSSR count). The van der Waals surface area contributed by atoms with Crippen molar-refractivity contribution in [1.29, 1.82) is 0 Å². The van der Waals surface area contributed by atoms with E-state index >= 15 is 0 Å². The fourth-order valence-corrected chi connectivity index (χ4v) is 3.76. The van der Waals surface area contributed by atoms with Gasteiger partial charge in [0, 0.05) is 5.56 Å². The smallest absolute Gasteiger partial charge is 0.300 e. The molecule has 0 aromatic heterocycles. The topological polar surface area (TPSA) is 76.1 Å². The maximum Gasteiger partial charge on any atom is 0.300 e. The van der Waals surface area contributed by atoms with Crippen molar-refractivity contribution in [3.63, 3.8) is 0 Å². The molecule has 1 heterocycles. The Hall–Kier alpha value is -4.06. The van der Waals surface area contributed by atoms with E-state index in [2.05, 4.69) is 0 Å². The number of aliphatic hydroxyl groups is 1. The van der Waals surface area contributed by atoms with Crippen LogP contribution in [0.15, 0.2) is 84.4 Å². The van der Waals surface area contributed by atoms with E-state index in [1.807, 2.05) is 6.07 Å². The van der Waals surface area contributed by atoms with E-state index in [4.69, 9.17) is 9.47 Å². The number of methoxy groups -OCH3 is 2. The highest BCUT2D eigenvalue weighted by molar-refractivity contribution is 6.51. The molecule has 1 fully saturated rings. The van der Waals surface area contributed by atoms with Gasteiger partial charge in [-0.15, -0.1) is 0 Å². The summed E-state index contributed by atoms with van der Waals surface area (Å²) in [5, 5.41) is 11.1. The zero-order valence-electron chi connectivity index (χ0n) is 17.1. The van der Waals surface area contributed by atoms with Crippen LogP contribution in [0.25, 0.3) is 5.76 Å². The largest absolute Gasteiger partial charge is 0.507 e. The normalized spacial score (nSPS) is 17.6. The Morgan fingerprint density at radius 2 is 1.48 bits per heavy atom. The van der Waals surface area contributed by atoms with Crippen LogP contribution in [0.2, 0.25) is 0 Å². The number of nitrogens with zero attached hydrogens (tertiary/aromatic N) is 1. The second-order valence-corrected chi connectivity index (χ2v) is 6.98. The maximum atomic E-state index is 13.2. The second-order valence-electron chi connectivity index (χ2n) is 6.98. The van der Waals surface area contributed by atoms with Gasteiger partial charge in [-0.1, -0.05) is 54.6 Å². The summed E-state index contributed by atoms with van der Waals surface area (Å²) in [5.74, 6) is -0.628. The highest BCUT2D eigenvalue weighted by Crippen LogP contribution is 2.45. The fourth-order valence-electron chi connectivity index (χ4n) is 3.76. The summed E-state index contributed by atoms with van der Waals surface area (Å²) < 4.78 is 10.7. The van der Waals surface area contributed by atoms with Crippen molar-refractivity contribution in [2.45, 2.75) is 6.04 Å². The molecule has 1 saturated heterocycles. The summed E-state index contributed by atoms with van der Waals surface area (Å²) in [6, 6.07) is 21.9. The number of hydrogen-bond donors (Lipinski definition) is 1. The Morgan fingerprint density at radius 1 is 0.839 bits per heavy atom. The van der Waals surface area contributed by atoms with Crippen molar-refractivity contribution in [2.24, 2.45) is 0 Å². The molecule has 0 bridgehead atoms. The quantitative estimate of drug-likeness (QED) is 0.381. The average Bonchev–Trinajstić information content (AvgIpc) is 3.09. The van der Waals surface area contributed by atoms with E-state index in [1.54, 1.807) is 79.9 Å². The van der Waals surface area contributed by atoms with Gasteiger partial charge in [0.25, 0.3) is 11.7 Å². The molecular formula is C25H21NO5. The van der Waals surface area contributed by atoms with Gasteiger partial charge in [0.1, 0.15) is 17.3 Å². The molecule has 156 valence electrons. The summed E-state index contributed by atoms with van der Waals surface area (Å²) in [6.07, 6.45) is 0. The second kappa shape index (κ2) is 8.36. The summed E-state index contributed by atoms with van der Waals surface area (Å²) in [6.45, 7) is 0. The molecule has 3 aromatic carbocycles. The lowest BCUT2D eigenvalue weighted by Crippen LogP contribution is -2.29. The van der Waals surface area contributed by atoms with E-state index in [0.717, 1.165) is 0 Å². The van der Waals surface area contributed by atoms with Crippen LogP contribution in [-0.4, -0.2) is 31.0 Å². The first-order valence-electron chi connectivity index (χ1n) is 9.70. The number of para-hydroxylation sites is 2. The summed E-state index contributed by atoms with van der Waals surface area (Å²) in [5.41, 5.74) is 1.58. The summed E-state index contributed by atoms with van der Waals surface area (Å²) in [4.78, 5) is 27.7. The Balaban J connectivity index is 1.96. The summed E-state index contributed by atoms with van der Waals surface area (Å²) >= 11 is 0. The van der Waals surface area contributed by atoms with Gasteiger partial charge in [0.05, 0.1) is 31.5 Å². The van der Waals surface area contributed by atoms with Gasteiger partial charge in [-0.25, -0.2) is 0 Å². The van der Waals surface area contributed by atoms with Crippen LogP contribution >= 0.6 is 0 Å². The predicted molar refractivity (Wildman–Crippen MR) is 117 cm³/mol. The number of anilines is 1. The van der Waals surface area contributed by atoms with Crippen molar-refractivity contribution in [2.75, 3.05) is 19.1 Å². The number of aliphatic hydroxyl groups excluding tert-OH is 1. The molecule has 0 aliphatic carbocycles. The van der Waals surface area contributed by atoms with Crippen LogP contribution in [0.3, 0.4) is 0 Å². The molecule has 0 spiro atoms. The van der Waals surface area contributed by atoms with E-state index in [1.165, 1.54) is 12.0 Å². The van der Waals surface area contributed by atoms with Gasteiger partial charge in [-0.05, 0) is 29.8 Å². The van der Waals surface area contributed by atoms with Gasteiger partial charge < -0.3 is 14.6 Å². The molecule has 31 heavy (non-hydrogen) atoms. The van der Waals surface area contributed by atoms with Crippen molar-refractivity contribution >= 4 is 23.1 Å². The van der Waals surface area contributed by atoms with Crippen molar-refractivity contribution < 1.29 is 24.2 Å². The first kappa shape index (κ1) is 20.2. The number of hydrogen-bond acceptors (Lipinski definition) is 5. The number of ketones is 1. The number of carbonyl (C=O) groups excluding carboxylic acids is 2. The first-order chi connectivity index (χ1) is 15.1. The predicted octanol–water partition coefficient (Wildman–Crippen LogP) is 4.33. The molecular weight excluding hydrogens is 394 g/mol. The Kier molecular flexibility index (Phi) is 5.45. The van der Waals surface area contributed by atoms with Gasteiger partial charge >= 0.3 is 0 Å². The van der Waals surface area contributed by atoms with Crippen molar-refractivity contribution in [3.05, 3.63) is 95.6 Å². The van der Waals surface area contributed by atoms with Crippen LogP contribution in [0.5, 0.6) is 11.5 Å². The lowest BCUT2D eigenvalue weighted by Gasteiger charge is -2.26. The minimum atomic E-state index is -0.831. The molecule has 0 radical (unpaired) electrons. The maximum absolute atomic E-state index is 13.2. The third kappa shape index (κ3) is 3.53. The Labute approximate surface area is 180 Å². The molecule has 6 nitrogen and oxygen atoms in total. The fraction of sp³-hybridized carbons (Fsp3) is 0.120. The zero-order valence-corrected chi connectivity index (χ0v) is 17.1. The minimum absolute atomic E-state index is 0.0206. The summed E-state index contributed by atoms with van der Waals surface area (Å²) in [7, 11) is 3.06. The molecule has 1 atom stereocenters. The molecule has 3 aromatic rings. The van der Waals surface area contributed by atoms with E-state index in [-0.39, 0.29) is 11.3 Å². The van der Waals surface area contributed by atoms with E-state index < -0.39 is 17.7 Å². The number of amides is 1. The molecule has 0 saturated carbocycles.